The summed E-state index contributed by atoms with van der Waals surface area (Å²) in [5.41, 5.74) is 1.86. The van der Waals surface area contributed by atoms with E-state index in [0.29, 0.717) is 11.3 Å². The maximum absolute atomic E-state index is 4.33. The van der Waals surface area contributed by atoms with Gasteiger partial charge >= 0.3 is 0 Å². The molecule has 1 aliphatic carbocycles. The van der Waals surface area contributed by atoms with Gasteiger partial charge in [0.15, 0.2) is 5.96 Å². The highest BCUT2D eigenvalue weighted by Gasteiger charge is 2.28. The van der Waals surface area contributed by atoms with Crippen LogP contribution in [0, 0.1) is 5.41 Å². The summed E-state index contributed by atoms with van der Waals surface area (Å²) >= 11 is 1.76. The van der Waals surface area contributed by atoms with Crippen molar-refractivity contribution in [3.63, 3.8) is 0 Å². The largest absolute Gasteiger partial charge is 0.356 e. The van der Waals surface area contributed by atoms with Crippen LogP contribution in [-0.2, 0) is 0 Å². The Balaban J connectivity index is 0.00000220. The number of nitrogens with one attached hydrogen (secondary N) is 2. The second-order valence-electron chi connectivity index (χ2n) is 6.28. The first-order valence-electron chi connectivity index (χ1n) is 7.59. The van der Waals surface area contributed by atoms with E-state index in [1.54, 1.807) is 11.3 Å². The Kier molecular flexibility index (Phi) is 8.02. The van der Waals surface area contributed by atoms with Crippen molar-refractivity contribution < 1.29 is 0 Å². The second-order valence-corrected chi connectivity index (χ2v) is 7.06. The van der Waals surface area contributed by atoms with Gasteiger partial charge in [-0.15, -0.1) is 24.0 Å². The lowest BCUT2D eigenvalue weighted by Gasteiger charge is -2.25. The summed E-state index contributed by atoms with van der Waals surface area (Å²) in [6.07, 6.45) is 5.42. The summed E-state index contributed by atoms with van der Waals surface area (Å²) in [5.74, 6) is 1.45. The fourth-order valence-corrected chi connectivity index (χ4v) is 3.63. The van der Waals surface area contributed by atoms with Crippen molar-refractivity contribution in [2.75, 3.05) is 20.1 Å². The standard InChI is InChI=1S/C16H27N3S.HI/c1-13(14-6-9-20-11-14)10-18-15(17-3)19-12-16(2)7-4-5-8-16;/h6,9,11,13H,4-5,7-8,10,12H2,1-3H3,(H2,17,18,19);1H. The molecule has 0 radical (unpaired) electrons. The first-order chi connectivity index (χ1) is 9.63. The average molecular weight is 421 g/mol. The molecule has 0 saturated heterocycles. The topological polar surface area (TPSA) is 36.4 Å². The van der Waals surface area contributed by atoms with Crippen LogP contribution in [0.3, 0.4) is 0 Å². The van der Waals surface area contributed by atoms with Gasteiger partial charge in [-0.2, -0.15) is 11.3 Å². The Hall–Kier alpha value is -0.300. The molecule has 2 N–H and O–H groups in total. The van der Waals surface area contributed by atoms with E-state index in [9.17, 15) is 0 Å². The van der Waals surface area contributed by atoms with E-state index in [4.69, 9.17) is 0 Å². The molecule has 1 heterocycles. The Morgan fingerprint density at radius 1 is 1.38 bits per heavy atom. The predicted octanol–water partition coefficient (Wildman–Crippen LogP) is 4.21. The molecule has 0 aliphatic heterocycles. The fraction of sp³-hybridized carbons (Fsp3) is 0.688. The minimum Gasteiger partial charge on any atom is -0.356 e. The zero-order valence-corrected chi connectivity index (χ0v) is 16.5. The highest BCUT2D eigenvalue weighted by molar-refractivity contribution is 14.0. The molecule has 2 rings (SSSR count). The van der Waals surface area contributed by atoms with E-state index < -0.39 is 0 Å². The van der Waals surface area contributed by atoms with Crippen molar-refractivity contribution >= 4 is 41.3 Å². The van der Waals surface area contributed by atoms with Gasteiger partial charge in [0.05, 0.1) is 0 Å². The number of hydrogen-bond donors (Lipinski definition) is 2. The van der Waals surface area contributed by atoms with Crippen LogP contribution < -0.4 is 10.6 Å². The minimum absolute atomic E-state index is 0. The van der Waals surface area contributed by atoms with Crippen LogP contribution in [0.15, 0.2) is 21.8 Å². The van der Waals surface area contributed by atoms with E-state index >= 15 is 0 Å². The lowest BCUT2D eigenvalue weighted by atomic mass is 9.89. The molecule has 3 nitrogen and oxygen atoms in total. The highest BCUT2D eigenvalue weighted by Crippen LogP contribution is 2.36. The number of rotatable bonds is 5. The molecule has 1 fully saturated rings. The number of halogens is 1. The van der Waals surface area contributed by atoms with Gasteiger partial charge in [0.2, 0.25) is 0 Å². The summed E-state index contributed by atoms with van der Waals surface area (Å²) < 4.78 is 0. The molecule has 1 aromatic rings. The summed E-state index contributed by atoms with van der Waals surface area (Å²) in [5, 5.41) is 11.3. The smallest absolute Gasteiger partial charge is 0.191 e. The van der Waals surface area contributed by atoms with Gasteiger partial charge < -0.3 is 10.6 Å². The third kappa shape index (κ3) is 5.77. The van der Waals surface area contributed by atoms with Crippen molar-refractivity contribution in [2.45, 2.75) is 45.4 Å². The molecule has 0 amide bonds. The lowest BCUT2D eigenvalue weighted by molar-refractivity contribution is 0.334. The number of guanidine groups is 1. The molecular formula is C16H28IN3S. The minimum atomic E-state index is 0. The van der Waals surface area contributed by atoms with Crippen LogP contribution in [0.25, 0.3) is 0 Å². The van der Waals surface area contributed by atoms with Gasteiger partial charge in [0.25, 0.3) is 0 Å². The fourth-order valence-electron chi connectivity index (χ4n) is 2.85. The van der Waals surface area contributed by atoms with Crippen LogP contribution >= 0.6 is 35.3 Å². The van der Waals surface area contributed by atoms with Gasteiger partial charge in [-0.05, 0) is 46.6 Å². The maximum atomic E-state index is 4.33. The van der Waals surface area contributed by atoms with Crippen molar-refractivity contribution in [1.29, 1.82) is 0 Å². The quantitative estimate of drug-likeness (QED) is 0.425. The van der Waals surface area contributed by atoms with Gasteiger partial charge in [-0.3, -0.25) is 4.99 Å². The summed E-state index contributed by atoms with van der Waals surface area (Å²) in [4.78, 5) is 4.33. The van der Waals surface area contributed by atoms with Crippen LogP contribution in [0.2, 0.25) is 0 Å². The zero-order chi connectivity index (χ0) is 14.4. The van der Waals surface area contributed by atoms with Crippen LogP contribution in [-0.4, -0.2) is 26.1 Å². The van der Waals surface area contributed by atoms with Gasteiger partial charge in [0.1, 0.15) is 0 Å². The molecule has 0 spiro atoms. The molecule has 1 saturated carbocycles. The number of aliphatic imine (C=N–C) groups is 1. The molecular weight excluding hydrogens is 393 g/mol. The van der Waals surface area contributed by atoms with Crippen molar-refractivity contribution in [2.24, 2.45) is 10.4 Å². The Bertz CT molecular complexity index is 425. The molecule has 5 heteroatoms. The maximum Gasteiger partial charge on any atom is 0.191 e. The monoisotopic (exact) mass is 421 g/mol. The second kappa shape index (κ2) is 8.98. The molecule has 1 aliphatic rings. The molecule has 1 unspecified atom stereocenters. The van der Waals surface area contributed by atoms with Crippen LogP contribution in [0.4, 0.5) is 0 Å². The van der Waals surface area contributed by atoms with Gasteiger partial charge in [-0.25, -0.2) is 0 Å². The Labute approximate surface area is 150 Å². The van der Waals surface area contributed by atoms with Crippen molar-refractivity contribution in [3.05, 3.63) is 22.4 Å². The van der Waals surface area contributed by atoms with Crippen LogP contribution in [0.5, 0.6) is 0 Å². The van der Waals surface area contributed by atoms with E-state index in [1.165, 1.54) is 31.2 Å². The number of thiophene rings is 1. The van der Waals surface area contributed by atoms with E-state index in [2.05, 4.69) is 46.3 Å². The molecule has 1 aromatic heterocycles. The summed E-state index contributed by atoms with van der Waals surface area (Å²) in [7, 11) is 1.85. The average Bonchev–Trinajstić information content (AvgIpc) is 3.10. The molecule has 0 bridgehead atoms. The molecule has 120 valence electrons. The lowest BCUT2D eigenvalue weighted by Crippen LogP contribution is -2.43. The summed E-state index contributed by atoms with van der Waals surface area (Å²) in [6.45, 7) is 6.58. The first-order valence-corrected chi connectivity index (χ1v) is 8.54. The first kappa shape index (κ1) is 18.7. The molecule has 1 atom stereocenters. The molecule has 0 aromatic carbocycles. The van der Waals surface area contributed by atoms with Gasteiger partial charge in [-0.1, -0.05) is 26.7 Å². The van der Waals surface area contributed by atoms with E-state index in [0.717, 1.165) is 19.0 Å². The van der Waals surface area contributed by atoms with E-state index in [1.807, 2.05) is 7.05 Å². The third-order valence-electron chi connectivity index (χ3n) is 4.40. The van der Waals surface area contributed by atoms with E-state index in [-0.39, 0.29) is 24.0 Å². The number of hydrogen-bond acceptors (Lipinski definition) is 2. The zero-order valence-electron chi connectivity index (χ0n) is 13.3. The predicted molar refractivity (Wildman–Crippen MR) is 104 cm³/mol. The SMILES string of the molecule is CN=C(NCC(C)c1ccsc1)NCC1(C)CCCC1.I. The Morgan fingerprint density at radius 3 is 2.67 bits per heavy atom. The van der Waals surface area contributed by atoms with Crippen molar-refractivity contribution in [3.8, 4) is 0 Å². The van der Waals surface area contributed by atoms with Gasteiger partial charge in [0, 0.05) is 20.1 Å². The van der Waals surface area contributed by atoms with Crippen LogP contribution in [0.1, 0.15) is 51.0 Å². The normalized spacial score (nSPS) is 18.9. The third-order valence-corrected chi connectivity index (χ3v) is 5.11. The van der Waals surface area contributed by atoms with Crippen molar-refractivity contribution in [1.82, 2.24) is 10.6 Å². The Morgan fingerprint density at radius 2 is 2.10 bits per heavy atom. The number of nitrogens with zero attached hydrogens (tertiary/aromatic N) is 1. The summed E-state index contributed by atoms with van der Waals surface area (Å²) in [6, 6.07) is 2.20. The highest BCUT2D eigenvalue weighted by atomic mass is 127. The molecule has 21 heavy (non-hydrogen) atoms.